The van der Waals surface area contributed by atoms with Crippen molar-refractivity contribution in [2.75, 3.05) is 24.7 Å². The topological polar surface area (TPSA) is 44.4 Å². The van der Waals surface area contributed by atoms with Gasteiger partial charge in [0.25, 0.3) is 5.91 Å². The summed E-state index contributed by atoms with van der Waals surface area (Å²) in [5.74, 6) is -0.175. The van der Waals surface area contributed by atoms with Gasteiger partial charge in [0.1, 0.15) is 0 Å². The zero-order valence-corrected chi connectivity index (χ0v) is 12.8. The van der Waals surface area contributed by atoms with Crippen LogP contribution in [0.5, 0.6) is 0 Å². The third kappa shape index (κ3) is 4.03. The van der Waals surface area contributed by atoms with Crippen molar-refractivity contribution in [3.63, 3.8) is 0 Å². The summed E-state index contributed by atoms with van der Waals surface area (Å²) in [6.45, 7) is 0. The SMILES string of the molecule is CN(C)C(=S)Nc1ccccc1C(=O)Nc1ccccc1. The van der Waals surface area contributed by atoms with Crippen LogP contribution in [0.2, 0.25) is 0 Å². The molecule has 2 rings (SSSR count). The van der Waals surface area contributed by atoms with Crippen molar-refractivity contribution in [3.8, 4) is 0 Å². The molecule has 0 aliphatic rings. The fraction of sp³-hybridized carbons (Fsp3) is 0.125. The van der Waals surface area contributed by atoms with Crippen LogP contribution in [0.4, 0.5) is 11.4 Å². The Morgan fingerprint density at radius 2 is 1.57 bits per heavy atom. The lowest BCUT2D eigenvalue weighted by molar-refractivity contribution is 0.102. The van der Waals surface area contributed by atoms with Crippen LogP contribution in [0, 0.1) is 0 Å². The number of carbonyl (C=O) groups is 1. The van der Waals surface area contributed by atoms with Gasteiger partial charge >= 0.3 is 0 Å². The molecular formula is C16H17N3OS. The number of thiocarbonyl (C=S) groups is 1. The molecule has 2 N–H and O–H groups in total. The van der Waals surface area contributed by atoms with Crippen molar-refractivity contribution in [2.45, 2.75) is 0 Å². The standard InChI is InChI=1S/C16H17N3OS/c1-19(2)16(21)18-14-11-7-6-10-13(14)15(20)17-12-8-4-3-5-9-12/h3-11H,1-2H3,(H,17,20)(H,18,21). The van der Waals surface area contributed by atoms with Crippen molar-refractivity contribution in [1.82, 2.24) is 4.90 Å². The summed E-state index contributed by atoms with van der Waals surface area (Å²) in [5, 5.41) is 6.49. The van der Waals surface area contributed by atoms with Gasteiger partial charge < -0.3 is 15.5 Å². The highest BCUT2D eigenvalue weighted by Crippen LogP contribution is 2.17. The van der Waals surface area contributed by atoms with Crippen LogP contribution < -0.4 is 10.6 Å². The van der Waals surface area contributed by atoms with Crippen molar-refractivity contribution < 1.29 is 4.79 Å². The molecule has 108 valence electrons. The molecule has 5 heteroatoms. The second kappa shape index (κ2) is 6.85. The van der Waals surface area contributed by atoms with E-state index >= 15 is 0 Å². The molecule has 0 atom stereocenters. The van der Waals surface area contributed by atoms with Crippen LogP contribution in [0.25, 0.3) is 0 Å². The highest BCUT2D eigenvalue weighted by molar-refractivity contribution is 7.80. The van der Waals surface area contributed by atoms with Gasteiger partial charge in [-0.2, -0.15) is 0 Å². The second-order valence-corrected chi connectivity index (χ2v) is 5.08. The molecule has 0 saturated carbocycles. The molecule has 0 aromatic heterocycles. The average molecular weight is 299 g/mol. The van der Waals surface area contributed by atoms with E-state index in [0.717, 1.165) is 5.69 Å². The Morgan fingerprint density at radius 1 is 0.952 bits per heavy atom. The lowest BCUT2D eigenvalue weighted by Crippen LogP contribution is -2.28. The third-order valence-corrected chi connectivity index (χ3v) is 3.32. The maximum atomic E-state index is 12.4. The zero-order valence-electron chi connectivity index (χ0n) is 12.0. The molecule has 0 saturated heterocycles. The van der Waals surface area contributed by atoms with Gasteiger partial charge in [-0.15, -0.1) is 0 Å². The third-order valence-electron chi connectivity index (χ3n) is 2.85. The molecule has 1 amide bonds. The predicted octanol–water partition coefficient (Wildman–Crippen LogP) is 3.20. The quantitative estimate of drug-likeness (QED) is 0.854. The Hall–Kier alpha value is -2.40. The molecule has 0 fully saturated rings. The summed E-state index contributed by atoms with van der Waals surface area (Å²) >= 11 is 5.22. The molecule has 0 unspecified atom stereocenters. The summed E-state index contributed by atoms with van der Waals surface area (Å²) in [7, 11) is 3.70. The smallest absolute Gasteiger partial charge is 0.257 e. The average Bonchev–Trinajstić information content (AvgIpc) is 2.48. The molecule has 2 aromatic carbocycles. The van der Waals surface area contributed by atoms with E-state index in [-0.39, 0.29) is 5.91 Å². The molecular weight excluding hydrogens is 282 g/mol. The van der Waals surface area contributed by atoms with Gasteiger partial charge in [-0.25, -0.2) is 0 Å². The molecule has 2 aromatic rings. The summed E-state index contributed by atoms with van der Waals surface area (Å²) in [6, 6.07) is 16.6. The Bertz CT molecular complexity index is 641. The minimum Gasteiger partial charge on any atom is -0.355 e. The van der Waals surface area contributed by atoms with Crippen molar-refractivity contribution in [1.29, 1.82) is 0 Å². The highest BCUT2D eigenvalue weighted by Gasteiger charge is 2.12. The molecule has 4 nitrogen and oxygen atoms in total. The van der Waals surface area contributed by atoms with Crippen LogP contribution in [-0.4, -0.2) is 30.0 Å². The monoisotopic (exact) mass is 299 g/mol. The van der Waals surface area contributed by atoms with Gasteiger partial charge in [0, 0.05) is 19.8 Å². The van der Waals surface area contributed by atoms with Gasteiger partial charge in [-0.1, -0.05) is 30.3 Å². The van der Waals surface area contributed by atoms with E-state index in [1.54, 1.807) is 11.0 Å². The Morgan fingerprint density at radius 3 is 2.24 bits per heavy atom. The number of hydrogen-bond acceptors (Lipinski definition) is 2. The van der Waals surface area contributed by atoms with Gasteiger partial charge in [0.15, 0.2) is 5.11 Å². The van der Waals surface area contributed by atoms with Crippen LogP contribution in [0.3, 0.4) is 0 Å². The Balaban J connectivity index is 2.19. The number of nitrogens with one attached hydrogen (secondary N) is 2. The molecule has 0 bridgehead atoms. The number of rotatable bonds is 3. The van der Waals surface area contributed by atoms with Crippen molar-refractivity contribution >= 4 is 34.6 Å². The van der Waals surface area contributed by atoms with Crippen LogP contribution in [-0.2, 0) is 0 Å². The maximum Gasteiger partial charge on any atom is 0.257 e. The first-order chi connectivity index (χ1) is 10.1. The molecule has 21 heavy (non-hydrogen) atoms. The van der Waals surface area contributed by atoms with Crippen LogP contribution in [0.1, 0.15) is 10.4 Å². The molecule has 0 spiro atoms. The number of carbonyl (C=O) groups excluding carboxylic acids is 1. The molecule has 0 aliphatic heterocycles. The van der Waals surface area contributed by atoms with E-state index in [2.05, 4.69) is 10.6 Å². The van der Waals surface area contributed by atoms with E-state index in [1.165, 1.54) is 0 Å². The predicted molar refractivity (Wildman–Crippen MR) is 90.7 cm³/mol. The fourth-order valence-corrected chi connectivity index (χ4v) is 1.85. The number of amides is 1. The van der Waals surface area contributed by atoms with Crippen LogP contribution >= 0.6 is 12.2 Å². The van der Waals surface area contributed by atoms with Crippen molar-refractivity contribution in [3.05, 3.63) is 60.2 Å². The lowest BCUT2D eigenvalue weighted by Gasteiger charge is -2.17. The maximum absolute atomic E-state index is 12.4. The first kappa shape index (κ1) is 15.0. The van der Waals surface area contributed by atoms with E-state index in [1.807, 2.05) is 62.6 Å². The number of para-hydroxylation sites is 2. The summed E-state index contributed by atoms with van der Waals surface area (Å²) in [6.07, 6.45) is 0. The van der Waals surface area contributed by atoms with Gasteiger partial charge in [-0.3, -0.25) is 4.79 Å². The first-order valence-corrected chi connectivity index (χ1v) is 6.92. The number of benzene rings is 2. The Kier molecular flexibility index (Phi) is 4.90. The highest BCUT2D eigenvalue weighted by atomic mass is 32.1. The van der Waals surface area contributed by atoms with Gasteiger partial charge in [0.2, 0.25) is 0 Å². The first-order valence-electron chi connectivity index (χ1n) is 6.51. The lowest BCUT2D eigenvalue weighted by atomic mass is 10.1. The minimum absolute atomic E-state index is 0.175. The van der Waals surface area contributed by atoms with Crippen molar-refractivity contribution in [2.24, 2.45) is 0 Å². The summed E-state index contributed by atoms with van der Waals surface area (Å²) < 4.78 is 0. The zero-order chi connectivity index (χ0) is 15.2. The van der Waals surface area contributed by atoms with E-state index in [4.69, 9.17) is 12.2 Å². The number of nitrogens with zero attached hydrogens (tertiary/aromatic N) is 1. The van der Waals surface area contributed by atoms with E-state index in [9.17, 15) is 4.79 Å². The fourth-order valence-electron chi connectivity index (χ4n) is 1.74. The minimum atomic E-state index is -0.175. The van der Waals surface area contributed by atoms with E-state index in [0.29, 0.717) is 16.4 Å². The molecule has 0 aliphatic carbocycles. The number of anilines is 2. The van der Waals surface area contributed by atoms with Gasteiger partial charge in [0.05, 0.1) is 11.3 Å². The molecule has 0 radical (unpaired) electrons. The summed E-state index contributed by atoms with van der Waals surface area (Å²) in [5.41, 5.74) is 1.99. The second-order valence-electron chi connectivity index (χ2n) is 4.69. The normalized spacial score (nSPS) is 9.81. The molecule has 0 heterocycles. The Labute approximate surface area is 129 Å². The summed E-state index contributed by atoms with van der Waals surface area (Å²) in [4.78, 5) is 14.2. The van der Waals surface area contributed by atoms with Gasteiger partial charge in [-0.05, 0) is 36.5 Å². The number of hydrogen-bond donors (Lipinski definition) is 2. The largest absolute Gasteiger partial charge is 0.355 e. The van der Waals surface area contributed by atoms with E-state index < -0.39 is 0 Å². The van der Waals surface area contributed by atoms with Crippen LogP contribution in [0.15, 0.2) is 54.6 Å².